The molecule has 1 aliphatic heterocycles. The van der Waals surface area contributed by atoms with Crippen molar-refractivity contribution in [3.8, 4) is 0 Å². The molecule has 0 N–H and O–H groups in total. The molecule has 1 aromatic heterocycles. The van der Waals surface area contributed by atoms with Crippen LogP contribution in [0.1, 0.15) is 29.6 Å². The van der Waals surface area contributed by atoms with Crippen molar-refractivity contribution >= 4 is 49.1 Å². The third-order valence-corrected chi connectivity index (χ3v) is 4.87. The molecule has 15 heavy (non-hydrogen) atoms. The number of carbonyl (C=O) groups is 1. The minimum atomic E-state index is 0.156. The van der Waals surface area contributed by atoms with Gasteiger partial charge in [-0.25, -0.2) is 0 Å². The van der Waals surface area contributed by atoms with Crippen molar-refractivity contribution in [1.29, 1.82) is 0 Å². The summed E-state index contributed by atoms with van der Waals surface area (Å²) in [5.74, 6) is 0.156. The van der Waals surface area contributed by atoms with E-state index in [4.69, 9.17) is 0 Å². The van der Waals surface area contributed by atoms with E-state index in [-0.39, 0.29) is 5.91 Å². The van der Waals surface area contributed by atoms with Gasteiger partial charge in [-0.05, 0) is 57.2 Å². The number of hydrogen-bond acceptors (Lipinski definition) is 2. The normalized spacial score (nSPS) is 16.8. The van der Waals surface area contributed by atoms with E-state index in [0.717, 1.165) is 39.1 Å². The number of amides is 1. The Kier molecular flexibility index (Phi) is 3.85. The molecule has 0 aliphatic carbocycles. The molecule has 0 spiro atoms. The van der Waals surface area contributed by atoms with Gasteiger partial charge in [-0.3, -0.25) is 4.79 Å². The van der Waals surface area contributed by atoms with Gasteiger partial charge in [0.05, 0.1) is 13.1 Å². The van der Waals surface area contributed by atoms with Crippen LogP contribution < -0.4 is 0 Å². The number of hydrogen-bond donors (Lipinski definition) is 0. The summed E-state index contributed by atoms with van der Waals surface area (Å²) >= 11 is 8.37. The van der Waals surface area contributed by atoms with Gasteiger partial charge in [0.2, 0.25) is 0 Å². The highest BCUT2D eigenvalue weighted by Gasteiger charge is 2.21. The summed E-state index contributed by atoms with van der Waals surface area (Å²) in [6.45, 7) is 1.80. The van der Waals surface area contributed by atoms with Gasteiger partial charge < -0.3 is 4.90 Å². The molecule has 2 nitrogen and oxygen atoms in total. The minimum Gasteiger partial charge on any atom is -0.339 e. The quantitative estimate of drug-likeness (QED) is 0.750. The van der Waals surface area contributed by atoms with Crippen molar-refractivity contribution in [2.24, 2.45) is 0 Å². The first-order chi connectivity index (χ1) is 7.18. The maximum absolute atomic E-state index is 12.1. The lowest BCUT2D eigenvalue weighted by Gasteiger charge is -2.26. The van der Waals surface area contributed by atoms with Crippen molar-refractivity contribution in [3.05, 3.63) is 19.2 Å². The van der Waals surface area contributed by atoms with Crippen LogP contribution in [-0.4, -0.2) is 23.9 Å². The maximum atomic E-state index is 12.1. The molecule has 0 unspecified atom stereocenters. The molecular formula is C10H11Br2NOS. The number of piperidine rings is 1. The minimum absolute atomic E-state index is 0.156. The molecule has 82 valence electrons. The van der Waals surface area contributed by atoms with Gasteiger partial charge in [-0.1, -0.05) is 0 Å². The predicted octanol–water partition coefficient (Wildman–Crippen LogP) is 3.90. The third-order valence-electron chi connectivity index (χ3n) is 2.53. The first-order valence-corrected chi connectivity index (χ1v) is 7.33. The monoisotopic (exact) mass is 351 g/mol. The SMILES string of the molecule is O=C(c1cc(Br)sc1Br)N1CCCCC1. The smallest absolute Gasteiger partial charge is 0.255 e. The number of thiophene rings is 1. The van der Waals surface area contributed by atoms with Crippen LogP contribution in [0.25, 0.3) is 0 Å². The molecule has 0 atom stereocenters. The molecule has 1 aliphatic rings. The number of rotatable bonds is 1. The van der Waals surface area contributed by atoms with Crippen LogP contribution in [-0.2, 0) is 0 Å². The van der Waals surface area contributed by atoms with Crippen LogP contribution >= 0.6 is 43.2 Å². The number of carbonyl (C=O) groups excluding carboxylic acids is 1. The van der Waals surface area contributed by atoms with Gasteiger partial charge >= 0.3 is 0 Å². The Balaban J connectivity index is 2.16. The second-order valence-electron chi connectivity index (χ2n) is 3.59. The molecule has 2 rings (SSSR count). The molecule has 0 bridgehead atoms. The second kappa shape index (κ2) is 4.97. The number of likely N-dealkylation sites (tertiary alicyclic amines) is 1. The average molecular weight is 353 g/mol. The lowest BCUT2D eigenvalue weighted by molar-refractivity contribution is 0.0724. The zero-order valence-corrected chi connectivity index (χ0v) is 12.1. The maximum Gasteiger partial charge on any atom is 0.255 e. The average Bonchev–Trinajstić information content (AvgIpc) is 2.58. The van der Waals surface area contributed by atoms with Crippen LogP contribution in [0.3, 0.4) is 0 Å². The highest BCUT2D eigenvalue weighted by molar-refractivity contribution is 9.12. The highest BCUT2D eigenvalue weighted by Crippen LogP contribution is 2.32. The Hall–Kier alpha value is 0.130. The van der Waals surface area contributed by atoms with Crippen LogP contribution in [0.2, 0.25) is 0 Å². The second-order valence-corrected chi connectivity index (χ2v) is 7.34. The van der Waals surface area contributed by atoms with Gasteiger partial charge in [0.15, 0.2) is 0 Å². The zero-order valence-electron chi connectivity index (χ0n) is 8.13. The standard InChI is InChI=1S/C10H11Br2NOS/c11-8-6-7(9(12)15-8)10(14)13-4-2-1-3-5-13/h6H,1-5H2. The van der Waals surface area contributed by atoms with Crippen molar-refractivity contribution in [2.75, 3.05) is 13.1 Å². The molecule has 1 saturated heterocycles. The van der Waals surface area contributed by atoms with E-state index in [9.17, 15) is 4.79 Å². The van der Waals surface area contributed by atoms with Gasteiger partial charge in [0.25, 0.3) is 5.91 Å². The first-order valence-electron chi connectivity index (χ1n) is 4.92. The molecule has 1 fully saturated rings. The lowest BCUT2D eigenvalue weighted by atomic mass is 10.1. The highest BCUT2D eigenvalue weighted by atomic mass is 79.9. The van der Waals surface area contributed by atoms with E-state index < -0.39 is 0 Å². The van der Waals surface area contributed by atoms with Crippen molar-refractivity contribution in [3.63, 3.8) is 0 Å². The molecule has 1 amide bonds. The van der Waals surface area contributed by atoms with Gasteiger partial charge in [0, 0.05) is 13.1 Å². The molecular weight excluding hydrogens is 342 g/mol. The van der Waals surface area contributed by atoms with Gasteiger partial charge in [-0.2, -0.15) is 0 Å². The Labute approximate surface area is 110 Å². The Morgan fingerprint density at radius 3 is 2.47 bits per heavy atom. The van der Waals surface area contributed by atoms with E-state index in [0.29, 0.717) is 0 Å². The lowest BCUT2D eigenvalue weighted by Crippen LogP contribution is -2.35. The molecule has 2 heterocycles. The van der Waals surface area contributed by atoms with Crippen LogP contribution in [0.15, 0.2) is 13.6 Å². The summed E-state index contributed by atoms with van der Waals surface area (Å²) in [6.07, 6.45) is 3.52. The van der Waals surface area contributed by atoms with Gasteiger partial charge in [-0.15, -0.1) is 11.3 Å². The molecule has 0 aromatic carbocycles. The van der Waals surface area contributed by atoms with E-state index in [2.05, 4.69) is 31.9 Å². The van der Waals surface area contributed by atoms with Gasteiger partial charge in [0.1, 0.15) is 0 Å². The fourth-order valence-corrected chi connectivity index (χ4v) is 4.53. The van der Waals surface area contributed by atoms with E-state index in [1.165, 1.54) is 6.42 Å². The first kappa shape index (κ1) is 11.6. The Morgan fingerprint density at radius 1 is 1.27 bits per heavy atom. The van der Waals surface area contributed by atoms with Crippen LogP contribution in [0.4, 0.5) is 0 Å². The summed E-state index contributed by atoms with van der Waals surface area (Å²) in [5, 5.41) is 0. The molecule has 1 aromatic rings. The number of nitrogens with zero attached hydrogens (tertiary/aromatic N) is 1. The largest absolute Gasteiger partial charge is 0.339 e. The fourth-order valence-electron chi connectivity index (χ4n) is 1.75. The van der Waals surface area contributed by atoms with E-state index in [1.807, 2.05) is 11.0 Å². The predicted molar refractivity (Wildman–Crippen MR) is 69.5 cm³/mol. The molecule has 0 saturated carbocycles. The van der Waals surface area contributed by atoms with Crippen molar-refractivity contribution < 1.29 is 4.79 Å². The van der Waals surface area contributed by atoms with Crippen LogP contribution in [0, 0.1) is 0 Å². The zero-order chi connectivity index (χ0) is 10.8. The van der Waals surface area contributed by atoms with Crippen molar-refractivity contribution in [1.82, 2.24) is 4.90 Å². The molecule has 5 heteroatoms. The van der Waals surface area contributed by atoms with E-state index in [1.54, 1.807) is 11.3 Å². The van der Waals surface area contributed by atoms with Crippen LogP contribution in [0.5, 0.6) is 0 Å². The topological polar surface area (TPSA) is 20.3 Å². The van der Waals surface area contributed by atoms with Crippen molar-refractivity contribution in [2.45, 2.75) is 19.3 Å². The molecule has 0 radical (unpaired) electrons. The Morgan fingerprint density at radius 2 is 1.93 bits per heavy atom. The fraction of sp³-hybridized carbons (Fsp3) is 0.500. The Bertz CT molecular complexity index is 371. The summed E-state index contributed by atoms with van der Waals surface area (Å²) in [5.41, 5.74) is 0.786. The summed E-state index contributed by atoms with van der Waals surface area (Å²) < 4.78 is 1.92. The summed E-state index contributed by atoms with van der Waals surface area (Å²) in [4.78, 5) is 14.1. The van der Waals surface area contributed by atoms with E-state index >= 15 is 0 Å². The summed E-state index contributed by atoms with van der Waals surface area (Å²) in [6, 6.07) is 1.89. The third kappa shape index (κ3) is 2.63. The number of halogens is 2. The summed E-state index contributed by atoms with van der Waals surface area (Å²) in [7, 11) is 0.